The third-order valence-electron chi connectivity index (χ3n) is 13.1. The molecule has 0 fully saturated rings. The number of nitrogens with two attached hydrogens (primary N) is 2. The number of aliphatic hydroxyl groups is 1. The monoisotopic (exact) mass is 1320 g/mol. The molecule has 22 N–H and O–H groups in total. The fourth-order valence-electron chi connectivity index (χ4n) is 8.09. The Balaban J connectivity index is 3.57. The van der Waals surface area contributed by atoms with E-state index in [0.717, 1.165) is 6.92 Å². The van der Waals surface area contributed by atoms with Gasteiger partial charge < -0.3 is 105 Å². The Hall–Kier alpha value is -9.53. The topological polar surface area (TPSA) is 633 Å². The SMILES string of the molecule is CC(C)[C@H](NC(=O)[C@H](Cc1cnc[nH]1)NC(=O)[C@H](CCC(N)=O)NC(=O)[C@H](CC(=O)O)NC(=O)[C@@H](NC(=O)[C@H](CCC(=O)O)NC(=O)[C@@H](NC(=O)[C@H](CCC(=O)O)NC(=O)[C@H](CCC(=O)O)NC(=O)[C@H](CS)NC(=O)[C@@H](N)CCC(=O)O)[C@@H](C)O)C(C)C)C(=O)O. The summed E-state index contributed by atoms with van der Waals surface area (Å²) in [4.78, 5) is 225. The highest BCUT2D eigenvalue weighted by molar-refractivity contribution is 7.80. The van der Waals surface area contributed by atoms with Gasteiger partial charge in [-0.2, -0.15) is 12.6 Å². The first-order chi connectivity index (χ1) is 42.4. The molecule has 38 nitrogen and oxygen atoms in total. The largest absolute Gasteiger partial charge is 0.481 e. The number of nitrogens with zero attached hydrogens (tertiary/aromatic N) is 1. The molecule has 39 heteroatoms. The number of thiol groups is 1. The average Bonchev–Trinajstić information content (AvgIpc) is 2.57. The number of aromatic amines is 1. The normalized spacial score (nSPS) is 15.0. The van der Waals surface area contributed by atoms with Gasteiger partial charge in [-0.05, 0) is 50.9 Å². The van der Waals surface area contributed by atoms with Crippen LogP contribution in [-0.2, 0) is 87.9 Å². The second-order valence-electron chi connectivity index (χ2n) is 21.4. The van der Waals surface area contributed by atoms with E-state index >= 15 is 0 Å². The van der Waals surface area contributed by atoms with Crippen molar-refractivity contribution in [1.82, 2.24) is 63.1 Å². The Morgan fingerprint density at radius 2 is 0.780 bits per heavy atom. The van der Waals surface area contributed by atoms with Gasteiger partial charge >= 0.3 is 35.8 Å². The van der Waals surface area contributed by atoms with Gasteiger partial charge in [-0.3, -0.25) is 76.7 Å². The number of carbonyl (C=O) groups excluding carboxylic acids is 11. The lowest BCUT2D eigenvalue weighted by atomic mass is 10.0. The first kappa shape index (κ1) is 79.5. The minimum Gasteiger partial charge on any atom is -0.481 e. The summed E-state index contributed by atoms with van der Waals surface area (Å²) in [6, 6.07) is -19.7. The molecule has 0 radical (unpaired) electrons. The molecule has 1 heterocycles. The molecule has 11 amide bonds. The lowest BCUT2D eigenvalue weighted by Crippen LogP contribution is -2.62. The molecular weight excluding hydrogens is 1240 g/mol. The van der Waals surface area contributed by atoms with Gasteiger partial charge in [0.1, 0.15) is 60.4 Å². The number of hydrogen-bond donors (Lipinski definition) is 21. The Kier molecular flexibility index (Phi) is 34.5. The number of carboxylic acid groups (broad SMARTS) is 6. The number of aliphatic hydroxyl groups excluding tert-OH is 1. The Morgan fingerprint density at radius 3 is 1.16 bits per heavy atom. The van der Waals surface area contributed by atoms with Crippen LogP contribution in [0.3, 0.4) is 0 Å². The third-order valence-corrected chi connectivity index (χ3v) is 13.5. The van der Waals surface area contributed by atoms with E-state index in [0.29, 0.717) is 0 Å². The maximum atomic E-state index is 14.1. The summed E-state index contributed by atoms with van der Waals surface area (Å²) in [5.74, 6) is -24.6. The zero-order chi connectivity index (χ0) is 69.6. The molecule has 0 spiro atoms. The van der Waals surface area contributed by atoms with Crippen molar-refractivity contribution in [2.75, 3.05) is 5.75 Å². The van der Waals surface area contributed by atoms with E-state index in [1.165, 1.54) is 40.2 Å². The molecule has 1 rings (SSSR count). The summed E-state index contributed by atoms with van der Waals surface area (Å²) in [5.41, 5.74) is 11.3. The summed E-state index contributed by atoms with van der Waals surface area (Å²) in [7, 11) is 0. The van der Waals surface area contributed by atoms with Crippen LogP contribution < -0.4 is 64.6 Å². The highest BCUT2D eigenvalue weighted by Crippen LogP contribution is 2.12. The number of nitrogens with one attached hydrogen (secondary N) is 11. The summed E-state index contributed by atoms with van der Waals surface area (Å²) < 4.78 is 0. The number of imidazole rings is 1. The van der Waals surface area contributed by atoms with Gasteiger partial charge in [0.05, 0.1) is 24.9 Å². The number of aromatic nitrogens is 2. The third kappa shape index (κ3) is 30.0. The lowest BCUT2D eigenvalue weighted by Gasteiger charge is -2.29. The Bertz CT molecular complexity index is 2790. The highest BCUT2D eigenvalue weighted by Gasteiger charge is 2.39. The zero-order valence-electron chi connectivity index (χ0n) is 50.0. The number of hydrogen-bond acceptors (Lipinski definition) is 21. The second kappa shape index (κ2) is 39.5. The number of rotatable bonds is 44. The molecule has 12 atom stereocenters. The van der Waals surface area contributed by atoms with E-state index in [4.69, 9.17) is 16.6 Å². The molecule has 0 aliphatic heterocycles. The van der Waals surface area contributed by atoms with Gasteiger partial charge in [-0.15, -0.1) is 0 Å². The van der Waals surface area contributed by atoms with Gasteiger partial charge in [0.25, 0.3) is 0 Å². The molecule has 1 aromatic rings. The molecule has 0 aliphatic carbocycles. The van der Waals surface area contributed by atoms with Crippen LogP contribution in [0.2, 0.25) is 0 Å². The number of amides is 11. The van der Waals surface area contributed by atoms with Crippen molar-refractivity contribution in [2.24, 2.45) is 23.3 Å². The van der Waals surface area contributed by atoms with Crippen LogP contribution in [-0.4, -0.2) is 225 Å². The lowest BCUT2D eigenvalue weighted by molar-refractivity contribution is -0.143. The van der Waals surface area contributed by atoms with Gasteiger partial charge in [0.2, 0.25) is 65.0 Å². The summed E-state index contributed by atoms with van der Waals surface area (Å²) in [6.07, 6.45) is -7.84. The smallest absolute Gasteiger partial charge is 0.326 e. The first-order valence-corrected chi connectivity index (χ1v) is 28.7. The van der Waals surface area contributed by atoms with Crippen LogP contribution in [0.4, 0.5) is 0 Å². The molecule has 0 aromatic carbocycles. The number of carbonyl (C=O) groups is 17. The van der Waals surface area contributed by atoms with E-state index in [2.05, 4.69) is 75.8 Å². The molecular formula is C52H80N14O24S. The van der Waals surface area contributed by atoms with Gasteiger partial charge in [-0.25, -0.2) is 9.78 Å². The average molecular weight is 1320 g/mol. The van der Waals surface area contributed by atoms with Crippen molar-refractivity contribution in [3.05, 3.63) is 18.2 Å². The van der Waals surface area contributed by atoms with Crippen LogP contribution in [0.15, 0.2) is 12.5 Å². The molecule has 0 saturated heterocycles. The predicted molar refractivity (Wildman–Crippen MR) is 311 cm³/mol. The number of H-pyrrole nitrogens is 1. The number of aliphatic carboxylic acids is 6. The van der Waals surface area contributed by atoms with E-state index in [1.807, 2.05) is 0 Å². The van der Waals surface area contributed by atoms with Crippen molar-refractivity contribution >= 4 is 113 Å². The molecule has 0 unspecified atom stereocenters. The van der Waals surface area contributed by atoms with Gasteiger partial charge in [0, 0.05) is 56.2 Å². The Morgan fingerprint density at radius 1 is 0.440 bits per heavy atom. The summed E-state index contributed by atoms with van der Waals surface area (Å²) in [6.45, 7) is 6.61. The minimum absolute atomic E-state index is 0.266. The predicted octanol–water partition coefficient (Wildman–Crippen LogP) is -6.97. The van der Waals surface area contributed by atoms with E-state index in [-0.39, 0.29) is 18.5 Å². The van der Waals surface area contributed by atoms with Crippen molar-refractivity contribution in [2.45, 2.75) is 184 Å². The fourth-order valence-corrected chi connectivity index (χ4v) is 8.34. The van der Waals surface area contributed by atoms with Crippen LogP contribution in [0.1, 0.15) is 111 Å². The molecule has 91 heavy (non-hydrogen) atoms. The summed E-state index contributed by atoms with van der Waals surface area (Å²) >= 11 is 4.00. The van der Waals surface area contributed by atoms with Crippen molar-refractivity contribution in [1.29, 1.82) is 0 Å². The maximum Gasteiger partial charge on any atom is 0.326 e. The molecule has 0 bridgehead atoms. The van der Waals surface area contributed by atoms with Crippen molar-refractivity contribution in [3.8, 4) is 0 Å². The highest BCUT2D eigenvalue weighted by atomic mass is 32.1. The van der Waals surface area contributed by atoms with Crippen LogP contribution in [0, 0.1) is 11.8 Å². The first-order valence-electron chi connectivity index (χ1n) is 28.0. The molecule has 0 saturated carbocycles. The molecule has 0 aliphatic rings. The van der Waals surface area contributed by atoms with Gasteiger partial charge in [0.15, 0.2) is 0 Å². The number of carboxylic acids is 6. The minimum atomic E-state index is -2.15. The van der Waals surface area contributed by atoms with Crippen molar-refractivity contribution < 1.29 is 117 Å². The molecule has 508 valence electrons. The van der Waals surface area contributed by atoms with Crippen LogP contribution in [0.25, 0.3) is 0 Å². The van der Waals surface area contributed by atoms with E-state index in [1.54, 1.807) is 0 Å². The van der Waals surface area contributed by atoms with Crippen LogP contribution in [0.5, 0.6) is 0 Å². The second-order valence-corrected chi connectivity index (χ2v) is 21.7. The quantitative estimate of drug-likeness (QED) is 0.0270. The zero-order valence-corrected chi connectivity index (χ0v) is 50.9. The number of primary amides is 1. The van der Waals surface area contributed by atoms with Crippen LogP contribution >= 0.6 is 12.6 Å². The molecule has 1 aromatic heterocycles. The standard InChI is InChI=1S/C52H80N14O24S/c1-21(2)39(50(87)62-31(17-38(77)78)47(84)58-26(7-11-33(54)68)44(81)61-30(16-24-18-55-20-56-24)48(85)65-40(22(3)4)52(89)90)64-45(82)29(10-15-37(75)76)60-51(88)41(23(5)67)66-46(83)28(9-14-36(73)74)57-43(80)27(8-13-35(71)72)59-49(86)32(19-91)63-42(79)25(53)6-12-34(69)70/h18,20-23,25-32,39-41,67,91H,6-17,19,53H2,1-5H3,(H2,54,68)(H,55,56)(H,57,80)(H,58,84)(H,59,86)(H,60,88)(H,61,81)(H,62,87)(H,63,79)(H,64,82)(H,65,85)(H,66,83)(H,69,70)(H,71,72)(H,73,74)(H,75,76)(H,77,78)(H,89,90)/t23-,25+,26+,27+,28+,29+,30+,31+,32+,39+,40+,41+/m1/s1. The van der Waals surface area contributed by atoms with E-state index in [9.17, 15) is 112 Å². The fraction of sp³-hybridized carbons (Fsp3) is 0.615. The van der Waals surface area contributed by atoms with Crippen molar-refractivity contribution in [3.63, 3.8) is 0 Å². The summed E-state index contributed by atoms with van der Waals surface area (Å²) in [5, 5.41) is 89.7. The Labute approximate surface area is 523 Å². The van der Waals surface area contributed by atoms with Gasteiger partial charge in [-0.1, -0.05) is 27.7 Å². The van der Waals surface area contributed by atoms with E-state index < -0.39 is 255 Å². The maximum absolute atomic E-state index is 14.1.